The highest BCUT2D eigenvalue weighted by Gasteiger charge is 2.18. The lowest BCUT2D eigenvalue weighted by atomic mass is 9.99. The Morgan fingerprint density at radius 3 is 2.44 bits per heavy atom. The summed E-state index contributed by atoms with van der Waals surface area (Å²) in [4.78, 5) is 24.1. The van der Waals surface area contributed by atoms with Crippen LogP contribution in [0.25, 0.3) is 0 Å². The molecule has 25 heavy (non-hydrogen) atoms. The van der Waals surface area contributed by atoms with E-state index in [9.17, 15) is 14.0 Å². The average Bonchev–Trinajstić information content (AvgIpc) is 2.62. The topological polar surface area (TPSA) is 78.4 Å². The number of nitrogens with one attached hydrogen (secondary N) is 2. The molecule has 3 N–H and O–H groups in total. The minimum Gasteiger partial charge on any atom is -0.396 e. The van der Waals surface area contributed by atoms with Gasteiger partial charge in [0.1, 0.15) is 5.82 Å². The molecule has 0 heterocycles. The first-order valence-corrected chi connectivity index (χ1v) is 8.07. The third-order valence-corrected chi connectivity index (χ3v) is 3.80. The Labute approximate surface area is 145 Å². The van der Waals surface area contributed by atoms with Gasteiger partial charge in [0.05, 0.1) is 5.92 Å². The van der Waals surface area contributed by atoms with Crippen LogP contribution in [0.1, 0.15) is 35.2 Å². The molecule has 1 unspecified atom stereocenters. The monoisotopic (exact) mass is 344 g/mol. The smallest absolute Gasteiger partial charge is 0.251 e. The Morgan fingerprint density at radius 1 is 1.12 bits per heavy atom. The number of hydrogen-bond acceptors (Lipinski definition) is 3. The first-order chi connectivity index (χ1) is 12.0. The molecule has 2 rings (SSSR count). The molecule has 5 nitrogen and oxygen atoms in total. The minimum atomic E-state index is -0.636. The van der Waals surface area contributed by atoms with Crippen molar-refractivity contribution in [2.45, 2.75) is 19.3 Å². The summed E-state index contributed by atoms with van der Waals surface area (Å²) < 4.78 is 13.8. The van der Waals surface area contributed by atoms with E-state index in [0.29, 0.717) is 29.8 Å². The largest absolute Gasteiger partial charge is 0.396 e. The van der Waals surface area contributed by atoms with E-state index in [1.807, 2.05) is 0 Å². The molecule has 0 saturated carbocycles. The lowest BCUT2D eigenvalue weighted by Crippen LogP contribution is -2.25. The van der Waals surface area contributed by atoms with Crippen molar-refractivity contribution in [3.8, 4) is 0 Å². The van der Waals surface area contributed by atoms with Crippen LogP contribution in [0.2, 0.25) is 0 Å². The van der Waals surface area contributed by atoms with E-state index >= 15 is 0 Å². The third-order valence-electron chi connectivity index (χ3n) is 3.80. The summed E-state index contributed by atoms with van der Waals surface area (Å²) in [7, 11) is 0. The van der Waals surface area contributed by atoms with E-state index in [2.05, 4.69) is 10.6 Å². The summed E-state index contributed by atoms with van der Waals surface area (Å²) in [6.45, 7) is 2.05. The van der Waals surface area contributed by atoms with Gasteiger partial charge in [0.15, 0.2) is 0 Å². The molecule has 0 spiro atoms. The van der Waals surface area contributed by atoms with Crippen molar-refractivity contribution in [3.63, 3.8) is 0 Å². The molecule has 0 radical (unpaired) electrons. The number of amides is 2. The van der Waals surface area contributed by atoms with Gasteiger partial charge in [-0.2, -0.15) is 0 Å². The van der Waals surface area contributed by atoms with Gasteiger partial charge in [-0.15, -0.1) is 0 Å². The lowest BCUT2D eigenvalue weighted by molar-refractivity contribution is -0.117. The van der Waals surface area contributed by atoms with Gasteiger partial charge in [-0.3, -0.25) is 9.59 Å². The molecule has 0 fully saturated rings. The highest BCUT2D eigenvalue weighted by atomic mass is 19.1. The second-order valence-corrected chi connectivity index (χ2v) is 5.64. The Hall–Kier alpha value is -2.73. The van der Waals surface area contributed by atoms with Gasteiger partial charge < -0.3 is 15.7 Å². The Kier molecular flexibility index (Phi) is 6.65. The number of halogens is 1. The highest BCUT2D eigenvalue weighted by molar-refractivity contribution is 5.97. The van der Waals surface area contributed by atoms with Crippen LogP contribution in [0, 0.1) is 5.82 Å². The van der Waals surface area contributed by atoms with Crippen LogP contribution in [-0.2, 0) is 4.79 Å². The highest BCUT2D eigenvalue weighted by Crippen LogP contribution is 2.21. The summed E-state index contributed by atoms with van der Waals surface area (Å²) in [5, 5.41) is 14.1. The molecule has 6 heteroatoms. The van der Waals surface area contributed by atoms with E-state index in [1.165, 1.54) is 6.07 Å². The first kappa shape index (κ1) is 18.6. The van der Waals surface area contributed by atoms with Crippen molar-refractivity contribution in [1.29, 1.82) is 0 Å². The molecule has 1 atom stereocenters. The fourth-order valence-electron chi connectivity index (χ4n) is 2.31. The van der Waals surface area contributed by atoms with E-state index in [-0.39, 0.29) is 18.4 Å². The fraction of sp³-hybridized carbons (Fsp3) is 0.263. The number of rotatable bonds is 7. The predicted molar refractivity (Wildman–Crippen MR) is 93.9 cm³/mol. The Balaban J connectivity index is 1.97. The molecule has 132 valence electrons. The van der Waals surface area contributed by atoms with Gasteiger partial charge in [-0.1, -0.05) is 18.2 Å². The van der Waals surface area contributed by atoms with Crippen molar-refractivity contribution >= 4 is 17.5 Å². The van der Waals surface area contributed by atoms with Gasteiger partial charge in [-0.25, -0.2) is 4.39 Å². The number of aliphatic hydroxyl groups is 1. The van der Waals surface area contributed by atoms with Crippen molar-refractivity contribution in [2.75, 3.05) is 18.5 Å². The number of carbonyl (C=O) groups is 2. The van der Waals surface area contributed by atoms with Gasteiger partial charge in [0, 0.05) is 24.4 Å². The summed E-state index contributed by atoms with van der Waals surface area (Å²) >= 11 is 0. The molecule has 0 aliphatic heterocycles. The van der Waals surface area contributed by atoms with Gasteiger partial charge in [0.25, 0.3) is 5.91 Å². The van der Waals surface area contributed by atoms with E-state index in [4.69, 9.17) is 5.11 Å². The average molecular weight is 344 g/mol. The number of hydrogen-bond donors (Lipinski definition) is 3. The maximum absolute atomic E-state index is 13.8. The standard InChI is InChI=1S/C19H21FN2O3/c1-13(16-5-2-3-6-17(16)20)18(24)22-15-9-7-14(8-10-15)19(25)21-11-4-12-23/h2-3,5-10,13,23H,4,11-12H2,1H3,(H,21,25)(H,22,24). The summed E-state index contributed by atoms with van der Waals surface area (Å²) in [6.07, 6.45) is 0.494. The molecule has 2 amide bonds. The minimum absolute atomic E-state index is 0.0193. The maximum Gasteiger partial charge on any atom is 0.251 e. The fourth-order valence-corrected chi connectivity index (χ4v) is 2.31. The van der Waals surface area contributed by atoms with Crippen molar-refractivity contribution < 1.29 is 19.1 Å². The Morgan fingerprint density at radius 2 is 1.80 bits per heavy atom. The molecule has 0 saturated heterocycles. The van der Waals surface area contributed by atoms with Crippen molar-refractivity contribution in [3.05, 3.63) is 65.5 Å². The van der Waals surface area contributed by atoms with E-state index < -0.39 is 11.7 Å². The van der Waals surface area contributed by atoms with Crippen LogP contribution >= 0.6 is 0 Å². The van der Waals surface area contributed by atoms with Crippen LogP contribution in [0.15, 0.2) is 48.5 Å². The van der Waals surface area contributed by atoms with E-state index in [1.54, 1.807) is 49.4 Å². The number of aliphatic hydroxyl groups excluding tert-OH is 1. The molecular weight excluding hydrogens is 323 g/mol. The summed E-state index contributed by atoms with van der Waals surface area (Å²) in [5.41, 5.74) is 1.32. The quantitative estimate of drug-likeness (QED) is 0.676. The molecule has 0 aromatic heterocycles. The predicted octanol–water partition coefficient (Wildman–Crippen LogP) is 2.68. The van der Waals surface area contributed by atoms with Crippen LogP contribution in [0.4, 0.5) is 10.1 Å². The summed E-state index contributed by atoms with van der Waals surface area (Å²) in [5.74, 6) is -1.63. The van der Waals surface area contributed by atoms with Crippen molar-refractivity contribution in [1.82, 2.24) is 5.32 Å². The number of anilines is 1. The molecule has 0 bridgehead atoms. The second-order valence-electron chi connectivity index (χ2n) is 5.64. The molecule has 2 aromatic rings. The zero-order valence-corrected chi connectivity index (χ0v) is 14.0. The van der Waals surface area contributed by atoms with Gasteiger partial charge in [-0.05, 0) is 49.2 Å². The molecular formula is C19H21FN2O3. The lowest BCUT2D eigenvalue weighted by Gasteiger charge is -2.13. The maximum atomic E-state index is 13.8. The first-order valence-electron chi connectivity index (χ1n) is 8.07. The third kappa shape index (κ3) is 5.12. The normalized spacial score (nSPS) is 11.6. The SMILES string of the molecule is CC(C(=O)Nc1ccc(C(=O)NCCCO)cc1)c1ccccc1F. The zero-order valence-electron chi connectivity index (χ0n) is 14.0. The number of benzene rings is 2. The molecule has 0 aliphatic rings. The van der Waals surface area contributed by atoms with Gasteiger partial charge in [0.2, 0.25) is 5.91 Å². The summed E-state index contributed by atoms with van der Waals surface area (Å²) in [6, 6.07) is 12.6. The van der Waals surface area contributed by atoms with Crippen LogP contribution < -0.4 is 10.6 Å². The molecule has 0 aliphatic carbocycles. The second kappa shape index (κ2) is 8.94. The van der Waals surface area contributed by atoms with E-state index in [0.717, 1.165) is 0 Å². The van der Waals surface area contributed by atoms with Crippen molar-refractivity contribution in [2.24, 2.45) is 0 Å². The van der Waals surface area contributed by atoms with Crippen LogP contribution in [-0.4, -0.2) is 30.1 Å². The number of carbonyl (C=O) groups excluding carboxylic acids is 2. The van der Waals surface area contributed by atoms with Crippen LogP contribution in [0.5, 0.6) is 0 Å². The van der Waals surface area contributed by atoms with Gasteiger partial charge >= 0.3 is 0 Å². The Bertz CT molecular complexity index is 732. The molecule has 2 aromatic carbocycles. The zero-order chi connectivity index (χ0) is 18.2. The van der Waals surface area contributed by atoms with Crippen LogP contribution in [0.3, 0.4) is 0 Å².